The molecule has 170 valence electrons. The summed E-state index contributed by atoms with van der Waals surface area (Å²) in [6.45, 7) is 6.59. The van der Waals surface area contributed by atoms with Crippen molar-refractivity contribution in [3.05, 3.63) is 76.9 Å². The molecule has 4 nitrogen and oxygen atoms in total. The third-order valence-electron chi connectivity index (χ3n) is 5.33. The fraction of sp³-hybridized carbons (Fsp3) is 0.333. The van der Waals surface area contributed by atoms with E-state index in [9.17, 15) is 9.59 Å². The van der Waals surface area contributed by atoms with Crippen LogP contribution in [0.25, 0.3) is 10.4 Å². The molecule has 1 aliphatic heterocycles. The molecule has 1 saturated heterocycles. The van der Waals surface area contributed by atoms with Crippen molar-refractivity contribution >= 4 is 28.9 Å². The Kier molecular flexibility index (Phi) is 10.8. The van der Waals surface area contributed by atoms with E-state index in [1.807, 2.05) is 57.3 Å². The van der Waals surface area contributed by atoms with Gasteiger partial charge in [-0.2, -0.15) is 0 Å². The molecule has 0 saturated carbocycles. The second-order valence-corrected chi connectivity index (χ2v) is 8.95. The van der Waals surface area contributed by atoms with Crippen LogP contribution in [0.4, 0.5) is 5.00 Å². The predicted octanol–water partition coefficient (Wildman–Crippen LogP) is 6.49. The van der Waals surface area contributed by atoms with E-state index in [-0.39, 0.29) is 0 Å². The molecule has 5 heteroatoms. The first-order chi connectivity index (χ1) is 15.5. The van der Waals surface area contributed by atoms with Crippen molar-refractivity contribution in [3.8, 4) is 10.4 Å². The number of piperidine rings is 1. The number of thiophene rings is 1. The number of aryl methyl sites for hydroxylation is 1. The monoisotopic (exact) mass is 450 g/mol. The maximum atomic E-state index is 11.0. The smallest absolute Gasteiger partial charge is 0.153 e. The van der Waals surface area contributed by atoms with Gasteiger partial charge in [0.1, 0.15) is 6.29 Å². The zero-order valence-corrected chi connectivity index (χ0v) is 20.4. The topological polar surface area (TPSA) is 49.4 Å². The molecule has 32 heavy (non-hydrogen) atoms. The maximum absolute atomic E-state index is 11.0. The summed E-state index contributed by atoms with van der Waals surface area (Å²) in [5, 5.41) is 4.00. The van der Waals surface area contributed by atoms with Gasteiger partial charge >= 0.3 is 0 Å². The third-order valence-corrected chi connectivity index (χ3v) is 6.71. The minimum Gasteiger partial charge on any atom is -0.379 e. The van der Waals surface area contributed by atoms with Gasteiger partial charge in [0.2, 0.25) is 0 Å². The summed E-state index contributed by atoms with van der Waals surface area (Å²) >= 11 is 1.62. The lowest BCUT2D eigenvalue weighted by Gasteiger charge is -2.20. The van der Waals surface area contributed by atoms with E-state index in [1.165, 1.54) is 32.4 Å². The Labute approximate surface area is 196 Å². The molecule has 2 heterocycles. The predicted molar refractivity (Wildman–Crippen MR) is 137 cm³/mol. The molecule has 0 amide bonds. The van der Waals surface area contributed by atoms with Gasteiger partial charge in [0.15, 0.2) is 6.29 Å². The second kappa shape index (κ2) is 13.6. The minimum absolute atomic E-state index is 0.745. The molecule has 0 bridgehead atoms. The molecular weight excluding hydrogens is 416 g/mol. The van der Waals surface area contributed by atoms with Gasteiger partial charge in [0.05, 0.1) is 10.6 Å². The molecule has 0 aliphatic carbocycles. The summed E-state index contributed by atoms with van der Waals surface area (Å²) in [7, 11) is 4.03. The number of likely N-dealkylation sites (tertiary alicyclic amines) is 1. The van der Waals surface area contributed by atoms with Crippen molar-refractivity contribution in [2.45, 2.75) is 33.1 Å². The first-order valence-corrected chi connectivity index (χ1v) is 11.8. The fourth-order valence-electron chi connectivity index (χ4n) is 3.51. The highest BCUT2D eigenvalue weighted by Gasteiger charge is 2.14. The number of hydrogen-bond acceptors (Lipinski definition) is 5. The number of aldehydes is 2. The van der Waals surface area contributed by atoms with Gasteiger partial charge < -0.3 is 10.2 Å². The normalized spacial score (nSPS) is 13.1. The Morgan fingerprint density at radius 1 is 0.906 bits per heavy atom. The number of carbonyl (C=O) groups is 2. The quantitative estimate of drug-likeness (QED) is 0.462. The molecule has 0 atom stereocenters. The molecule has 0 radical (unpaired) electrons. The van der Waals surface area contributed by atoms with Gasteiger partial charge in [-0.15, -0.1) is 11.3 Å². The summed E-state index contributed by atoms with van der Waals surface area (Å²) in [6.07, 6.45) is 6.05. The van der Waals surface area contributed by atoms with Crippen LogP contribution in [0.3, 0.4) is 0 Å². The van der Waals surface area contributed by atoms with Crippen LogP contribution in [-0.2, 0) is 0 Å². The first-order valence-electron chi connectivity index (χ1n) is 11.0. The van der Waals surface area contributed by atoms with Crippen molar-refractivity contribution < 1.29 is 9.59 Å². The van der Waals surface area contributed by atoms with E-state index < -0.39 is 0 Å². The number of rotatable bonds is 4. The van der Waals surface area contributed by atoms with E-state index >= 15 is 0 Å². The number of benzene rings is 2. The summed E-state index contributed by atoms with van der Waals surface area (Å²) in [5.74, 6) is 0. The van der Waals surface area contributed by atoms with Gasteiger partial charge in [0.25, 0.3) is 0 Å². The van der Waals surface area contributed by atoms with Gasteiger partial charge in [0, 0.05) is 17.5 Å². The molecule has 1 aromatic heterocycles. The van der Waals surface area contributed by atoms with Crippen molar-refractivity contribution in [2.24, 2.45) is 0 Å². The Hall–Kier alpha value is -2.76. The van der Waals surface area contributed by atoms with Gasteiger partial charge in [-0.25, -0.2) is 0 Å². The lowest BCUT2D eigenvalue weighted by molar-refractivity contribution is 0.111. The van der Waals surface area contributed by atoms with Crippen molar-refractivity contribution in [2.75, 3.05) is 32.5 Å². The third kappa shape index (κ3) is 7.74. The Morgan fingerprint density at radius 2 is 1.59 bits per heavy atom. The molecule has 1 fully saturated rings. The van der Waals surface area contributed by atoms with Crippen molar-refractivity contribution in [1.82, 2.24) is 4.90 Å². The van der Waals surface area contributed by atoms with Gasteiger partial charge in [-0.3, -0.25) is 9.59 Å². The van der Waals surface area contributed by atoms with E-state index in [0.29, 0.717) is 0 Å². The van der Waals surface area contributed by atoms with E-state index in [0.717, 1.165) is 50.3 Å². The lowest BCUT2D eigenvalue weighted by atomic mass is 10.1. The number of nitrogens with one attached hydrogen (secondary N) is 1. The van der Waals surface area contributed by atoms with E-state index in [1.54, 1.807) is 17.4 Å². The summed E-state index contributed by atoms with van der Waals surface area (Å²) in [5.41, 5.74) is 4.85. The number of nitrogens with zero attached hydrogens (tertiary/aromatic N) is 1. The summed E-state index contributed by atoms with van der Waals surface area (Å²) < 4.78 is 0. The highest BCUT2D eigenvalue weighted by atomic mass is 32.1. The lowest BCUT2D eigenvalue weighted by Crippen LogP contribution is -2.24. The molecule has 3 aromatic rings. The van der Waals surface area contributed by atoms with Gasteiger partial charge in [-0.05, 0) is 64.0 Å². The number of hydrogen-bond donors (Lipinski definition) is 1. The van der Waals surface area contributed by atoms with Gasteiger partial charge in [-0.1, -0.05) is 60.5 Å². The van der Waals surface area contributed by atoms with Crippen LogP contribution in [0.5, 0.6) is 0 Å². The van der Waals surface area contributed by atoms with Crippen molar-refractivity contribution in [1.29, 1.82) is 0 Å². The van der Waals surface area contributed by atoms with E-state index in [4.69, 9.17) is 0 Å². The SMILES string of the molecule is CN1CCCCC1.CNc1sc(-c2ccccc2)c(C)c1C=O.Cc1cccc(C=O)c1. The molecule has 0 spiro atoms. The summed E-state index contributed by atoms with van der Waals surface area (Å²) in [4.78, 5) is 24.7. The standard InChI is InChI=1S/C13H13NOS.C8H8O.C6H13N/c1-9-11(8-15)13(14-2)16-12(9)10-6-4-3-5-7-10;1-7-3-2-4-8(5-7)6-9;1-7-5-3-2-4-6-7/h3-8,14H,1-2H3;2-6H,1H3;2-6H2,1H3. The van der Waals surface area contributed by atoms with Crippen LogP contribution < -0.4 is 5.32 Å². The second-order valence-electron chi connectivity index (χ2n) is 7.93. The first kappa shape index (κ1) is 25.5. The average molecular weight is 451 g/mol. The maximum Gasteiger partial charge on any atom is 0.153 e. The summed E-state index contributed by atoms with van der Waals surface area (Å²) in [6, 6.07) is 17.6. The molecule has 0 unspecified atom stereocenters. The average Bonchev–Trinajstić information content (AvgIpc) is 3.16. The molecule has 4 rings (SSSR count). The minimum atomic E-state index is 0.745. The van der Waals surface area contributed by atoms with Crippen LogP contribution in [0.1, 0.15) is 51.1 Å². The highest BCUT2D eigenvalue weighted by molar-refractivity contribution is 7.20. The van der Waals surface area contributed by atoms with Crippen molar-refractivity contribution in [3.63, 3.8) is 0 Å². The largest absolute Gasteiger partial charge is 0.379 e. The Bertz CT molecular complexity index is 977. The Morgan fingerprint density at radius 3 is 2.03 bits per heavy atom. The fourth-order valence-corrected chi connectivity index (χ4v) is 4.65. The zero-order chi connectivity index (χ0) is 23.3. The highest BCUT2D eigenvalue weighted by Crippen LogP contribution is 2.38. The number of carbonyl (C=O) groups excluding carboxylic acids is 2. The van der Waals surface area contributed by atoms with Crippen LogP contribution in [0, 0.1) is 13.8 Å². The molecule has 2 aromatic carbocycles. The Balaban J connectivity index is 0.000000191. The van der Waals surface area contributed by atoms with Crippen LogP contribution in [0.15, 0.2) is 54.6 Å². The molecule has 1 N–H and O–H groups in total. The van der Waals surface area contributed by atoms with E-state index in [2.05, 4.69) is 29.4 Å². The van der Waals surface area contributed by atoms with Crippen LogP contribution >= 0.6 is 11.3 Å². The molecular formula is C27H34N2O2S. The van der Waals surface area contributed by atoms with Crippen LogP contribution in [-0.4, -0.2) is 44.7 Å². The zero-order valence-electron chi connectivity index (χ0n) is 19.6. The number of anilines is 1. The molecule has 1 aliphatic rings. The van der Waals surface area contributed by atoms with Crippen LogP contribution in [0.2, 0.25) is 0 Å².